The number of hydrogen-bond donors (Lipinski definition) is 1. The monoisotopic (exact) mass is 335 g/mol. The second kappa shape index (κ2) is 6.00. The van der Waals surface area contributed by atoms with Crippen molar-refractivity contribution in [3.8, 4) is 0 Å². The quantitative estimate of drug-likeness (QED) is 0.531. The minimum absolute atomic E-state index is 0.0829. The van der Waals surface area contributed by atoms with E-state index in [1.54, 1.807) is 6.92 Å². The van der Waals surface area contributed by atoms with Gasteiger partial charge in [0.25, 0.3) is 0 Å². The van der Waals surface area contributed by atoms with Gasteiger partial charge < -0.3 is 0 Å². The first-order valence-electron chi connectivity index (χ1n) is 6.77. The van der Waals surface area contributed by atoms with E-state index >= 15 is 0 Å². The predicted octanol–water partition coefficient (Wildman–Crippen LogP) is 5.15. The van der Waals surface area contributed by atoms with Crippen LogP contribution < -0.4 is 5.43 Å². The van der Waals surface area contributed by atoms with Gasteiger partial charge in [0.1, 0.15) is 5.01 Å². The number of aromatic nitrogens is 1. The average molecular weight is 335 g/mol. The summed E-state index contributed by atoms with van der Waals surface area (Å²) in [4.78, 5) is 4.42. The lowest BCUT2D eigenvalue weighted by atomic mass is 10.2. The Hall–Kier alpha value is -2.41. The van der Waals surface area contributed by atoms with Gasteiger partial charge in [-0.3, -0.25) is 5.43 Å². The lowest BCUT2D eigenvalue weighted by molar-refractivity contribution is -0.136. The molecule has 23 heavy (non-hydrogen) atoms. The second-order valence-corrected chi connectivity index (χ2v) is 5.87. The predicted molar refractivity (Wildman–Crippen MR) is 86.9 cm³/mol. The fourth-order valence-electron chi connectivity index (χ4n) is 2.05. The molecule has 2 aromatic carbocycles. The highest BCUT2D eigenvalue weighted by Gasteiger charge is 2.33. The fourth-order valence-corrected chi connectivity index (χ4v) is 2.96. The Labute approximate surface area is 134 Å². The number of halogens is 3. The maximum atomic E-state index is 12.9. The van der Waals surface area contributed by atoms with Crippen LogP contribution in [0.5, 0.6) is 0 Å². The summed E-state index contributed by atoms with van der Waals surface area (Å²) in [6.45, 7) is 1.71. The maximum absolute atomic E-state index is 12.9. The summed E-state index contributed by atoms with van der Waals surface area (Å²) >= 11 is 1.45. The van der Waals surface area contributed by atoms with Gasteiger partial charge in [0.2, 0.25) is 0 Å². The summed E-state index contributed by atoms with van der Waals surface area (Å²) in [6, 6.07) is 12.9. The summed E-state index contributed by atoms with van der Waals surface area (Å²) in [5.74, 6) is 0. The number of thiazole rings is 1. The zero-order valence-corrected chi connectivity index (χ0v) is 12.9. The molecule has 1 heterocycles. The molecule has 0 aliphatic rings. The summed E-state index contributed by atoms with van der Waals surface area (Å²) in [5, 5.41) is 4.72. The Morgan fingerprint density at radius 2 is 1.78 bits per heavy atom. The van der Waals surface area contributed by atoms with E-state index in [9.17, 15) is 13.2 Å². The molecule has 0 spiro atoms. The molecule has 0 amide bonds. The van der Waals surface area contributed by atoms with Crippen molar-refractivity contribution in [2.45, 2.75) is 13.1 Å². The summed E-state index contributed by atoms with van der Waals surface area (Å²) in [5.41, 5.74) is 3.04. The number of para-hydroxylation sites is 2. The second-order valence-electron chi connectivity index (χ2n) is 4.84. The maximum Gasteiger partial charge on any atom is 0.418 e. The molecule has 0 saturated carbocycles. The molecule has 1 aromatic heterocycles. The van der Waals surface area contributed by atoms with Gasteiger partial charge in [-0.05, 0) is 31.2 Å². The van der Waals surface area contributed by atoms with Crippen LogP contribution in [0.3, 0.4) is 0 Å². The van der Waals surface area contributed by atoms with Gasteiger partial charge in [-0.2, -0.15) is 18.3 Å². The van der Waals surface area contributed by atoms with Gasteiger partial charge in [-0.25, -0.2) is 4.98 Å². The molecule has 3 aromatic rings. The highest BCUT2D eigenvalue weighted by Crippen LogP contribution is 2.34. The topological polar surface area (TPSA) is 37.3 Å². The number of hydrazone groups is 1. The van der Waals surface area contributed by atoms with Crippen LogP contribution in [-0.4, -0.2) is 10.7 Å². The van der Waals surface area contributed by atoms with Crippen molar-refractivity contribution in [1.82, 2.24) is 4.98 Å². The molecular weight excluding hydrogens is 323 g/mol. The lowest BCUT2D eigenvalue weighted by Gasteiger charge is -2.11. The van der Waals surface area contributed by atoms with Crippen LogP contribution in [0.1, 0.15) is 17.5 Å². The van der Waals surface area contributed by atoms with E-state index < -0.39 is 11.7 Å². The number of hydrogen-bond acceptors (Lipinski definition) is 4. The normalized spacial score (nSPS) is 12.6. The molecule has 1 N–H and O–H groups in total. The highest BCUT2D eigenvalue weighted by molar-refractivity contribution is 7.20. The van der Waals surface area contributed by atoms with Crippen molar-refractivity contribution < 1.29 is 13.2 Å². The largest absolute Gasteiger partial charge is 0.418 e. The summed E-state index contributed by atoms with van der Waals surface area (Å²) in [6.07, 6.45) is -4.43. The minimum atomic E-state index is -4.43. The minimum Gasteiger partial charge on any atom is -0.278 e. The van der Waals surface area contributed by atoms with Crippen LogP contribution in [0.25, 0.3) is 10.2 Å². The van der Waals surface area contributed by atoms with Gasteiger partial charge in [-0.15, -0.1) is 11.3 Å². The van der Waals surface area contributed by atoms with Crippen LogP contribution in [0.2, 0.25) is 0 Å². The molecule has 0 bridgehead atoms. The van der Waals surface area contributed by atoms with Gasteiger partial charge in [0.15, 0.2) is 0 Å². The molecule has 118 valence electrons. The summed E-state index contributed by atoms with van der Waals surface area (Å²) < 4.78 is 39.8. The molecule has 3 nitrogen and oxygen atoms in total. The number of nitrogens with one attached hydrogen (secondary N) is 1. The summed E-state index contributed by atoms with van der Waals surface area (Å²) in [7, 11) is 0. The number of alkyl halides is 3. The van der Waals surface area contributed by atoms with Gasteiger partial charge in [0.05, 0.1) is 27.2 Å². The zero-order chi connectivity index (χ0) is 16.4. The SMILES string of the molecule is C/C(=N/Nc1ccccc1C(F)(F)F)c1nc2ccccc2s1. The lowest BCUT2D eigenvalue weighted by Crippen LogP contribution is -2.09. The number of fused-ring (bicyclic) bond motifs is 1. The number of nitrogens with zero attached hydrogens (tertiary/aromatic N) is 2. The van der Waals surface area contributed by atoms with Crippen molar-refractivity contribution in [1.29, 1.82) is 0 Å². The molecule has 7 heteroatoms. The molecule has 0 fully saturated rings. The van der Waals surface area contributed by atoms with Gasteiger partial charge >= 0.3 is 6.18 Å². The zero-order valence-electron chi connectivity index (χ0n) is 12.1. The molecule has 0 aliphatic heterocycles. The third-order valence-corrected chi connectivity index (χ3v) is 4.33. The number of anilines is 1. The Kier molecular flexibility index (Phi) is 4.04. The third-order valence-electron chi connectivity index (χ3n) is 3.18. The van der Waals surface area contributed by atoms with Crippen molar-refractivity contribution >= 4 is 33.0 Å². The van der Waals surface area contributed by atoms with E-state index in [0.717, 1.165) is 16.3 Å². The van der Waals surface area contributed by atoms with Crippen molar-refractivity contribution in [2.75, 3.05) is 5.43 Å². The Morgan fingerprint density at radius 3 is 2.52 bits per heavy atom. The molecule has 3 rings (SSSR count). The number of benzene rings is 2. The van der Waals surface area contributed by atoms with E-state index in [-0.39, 0.29) is 5.69 Å². The number of rotatable bonds is 3. The Morgan fingerprint density at radius 1 is 1.09 bits per heavy atom. The molecule has 0 unspecified atom stereocenters. The van der Waals surface area contributed by atoms with E-state index in [4.69, 9.17) is 0 Å². The van der Waals surface area contributed by atoms with Crippen LogP contribution >= 0.6 is 11.3 Å². The van der Waals surface area contributed by atoms with Crippen molar-refractivity contribution in [3.63, 3.8) is 0 Å². The van der Waals surface area contributed by atoms with Crippen LogP contribution in [0.15, 0.2) is 53.6 Å². The first-order valence-corrected chi connectivity index (χ1v) is 7.59. The van der Waals surface area contributed by atoms with E-state index in [1.807, 2.05) is 24.3 Å². The molecule has 0 saturated heterocycles. The van der Waals surface area contributed by atoms with E-state index in [2.05, 4.69) is 15.5 Å². The molecular formula is C16H12F3N3S. The van der Waals surface area contributed by atoms with Crippen molar-refractivity contribution in [3.05, 3.63) is 59.1 Å². The fraction of sp³-hybridized carbons (Fsp3) is 0.125. The Bertz CT molecular complexity index is 835. The Balaban J connectivity index is 1.88. The van der Waals surface area contributed by atoms with Crippen LogP contribution in [0.4, 0.5) is 18.9 Å². The molecule has 0 aliphatic carbocycles. The standard InChI is InChI=1S/C16H12F3N3S/c1-10(15-20-13-8-4-5-9-14(13)23-15)21-22-12-7-3-2-6-11(12)16(17,18)19/h2-9,22H,1H3/b21-10-. The smallest absolute Gasteiger partial charge is 0.278 e. The van der Waals surface area contributed by atoms with E-state index in [1.165, 1.54) is 29.5 Å². The highest BCUT2D eigenvalue weighted by atomic mass is 32.1. The van der Waals surface area contributed by atoms with E-state index in [0.29, 0.717) is 10.7 Å². The van der Waals surface area contributed by atoms with Crippen molar-refractivity contribution in [2.24, 2.45) is 5.10 Å². The van der Waals surface area contributed by atoms with Crippen LogP contribution in [-0.2, 0) is 6.18 Å². The third kappa shape index (κ3) is 3.34. The first-order chi connectivity index (χ1) is 10.9. The average Bonchev–Trinajstić information content (AvgIpc) is 2.96. The molecule has 0 atom stereocenters. The molecule has 0 radical (unpaired) electrons. The first kappa shape index (κ1) is 15.5. The van der Waals surface area contributed by atoms with Gasteiger partial charge in [-0.1, -0.05) is 24.3 Å². The van der Waals surface area contributed by atoms with Gasteiger partial charge in [0, 0.05) is 0 Å². The van der Waals surface area contributed by atoms with Crippen LogP contribution in [0, 0.1) is 0 Å².